The molecule has 1 heterocycles. The first-order valence-corrected chi connectivity index (χ1v) is 6.21. The molecule has 1 aromatic heterocycles. The Morgan fingerprint density at radius 3 is 2.39 bits per heavy atom. The van der Waals surface area contributed by atoms with Gasteiger partial charge in [0, 0.05) is 18.7 Å². The van der Waals surface area contributed by atoms with E-state index in [1.165, 1.54) is 5.56 Å². The number of benzene rings is 1. The molecule has 0 atom stereocenters. The molecular weight excluding hydrogens is 226 g/mol. The van der Waals surface area contributed by atoms with Crippen molar-refractivity contribution in [1.82, 2.24) is 5.32 Å². The van der Waals surface area contributed by atoms with Gasteiger partial charge in [-0.2, -0.15) is 0 Å². The molecule has 0 amide bonds. The minimum absolute atomic E-state index is 0.218. The van der Waals surface area contributed by atoms with Crippen molar-refractivity contribution in [2.24, 2.45) is 0 Å². The zero-order valence-corrected chi connectivity index (χ0v) is 10.8. The summed E-state index contributed by atoms with van der Waals surface area (Å²) >= 11 is 0. The quantitative estimate of drug-likeness (QED) is 0.847. The highest BCUT2D eigenvalue weighted by atomic mass is 16.5. The van der Waals surface area contributed by atoms with Crippen LogP contribution >= 0.6 is 0 Å². The minimum Gasteiger partial charge on any atom is -0.491 e. The smallest absolute Gasteiger partial charge is 0.119 e. The van der Waals surface area contributed by atoms with Crippen molar-refractivity contribution in [2.45, 2.75) is 33.0 Å². The third kappa shape index (κ3) is 3.93. The molecule has 2 rings (SSSR count). The van der Waals surface area contributed by atoms with Crippen LogP contribution in [0, 0.1) is 0 Å². The maximum absolute atomic E-state index is 5.60. The van der Waals surface area contributed by atoms with Crippen molar-refractivity contribution < 1.29 is 9.15 Å². The number of rotatable bonds is 6. The zero-order chi connectivity index (χ0) is 12.8. The van der Waals surface area contributed by atoms with E-state index in [-0.39, 0.29) is 6.10 Å². The summed E-state index contributed by atoms with van der Waals surface area (Å²) in [4.78, 5) is 0. The summed E-state index contributed by atoms with van der Waals surface area (Å²) in [6.07, 6.45) is 3.66. The first-order valence-electron chi connectivity index (χ1n) is 6.21. The maximum Gasteiger partial charge on any atom is 0.119 e. The normalized spacial score (nSPS) is 10.8. The molecule has 3 heteroatoms. The monoisotopic (exact) mass is 245 g/mol. The SMILES string of the molecule is CC(C)Oc1ccc(CNCc2ccoc2)cc1. The molecule has 96 valence electrons. The van der Waals surface area contributed by atoms with Gasteiger partial charge in [-0.05, 0) is 37.6 Å². The van der Waals surface area contributed by atoms with Gasteiger partial charge in [0.15, 0.2) is 0 Å². The van der Waals surface area contributed by atoms with Crippen LogP contribution in [0.25, 0.3) is 0 Å². The topological polar surface area (TPSA) is 34.4 Å². The fourth-order valence-corrected chi connectivity index (χ4v) is 1.70. The third-order valence-electron chi connectivity index (χ3n) is 2.53. The van der Waals surface area contributed by atoms with Crippen molar-refractivity contribution >= 4 is 0 Å². The van der Waals surface area contributed by atoms with E-state index < -0.39 is 0 Å². The van der Waals surface area contributed by atoms with Crippen LogP contribution in [0.3, 0.4) is 0 Å². The van der Waals surface area contributed by atoms with Crippen molar-refractivity contribution in [3.8, 4) is 5.75 Å². The van der Waals surface area contributed by atoms with Crippen LogP contribution in [0.2, 0.25) is 0 Å². The highest BCUT2D eigenvalue weighted by molar-refractivity contribution is 5.27. The second-order valence-corrected chi connectivity index (χ2v) is 4.55. The Bertz CT molecular complexity index is 446. The molecular formula is C15H19NO2. The van der Waals surface area contributed by atoms with E-state index >= 15 is 0 Å². The zero-order valence-electron chi connectivity index (χ0n) is 10.8. The molecule has 0 aliphatic rings. The van der Waals surface area contributed by atoms with Gasteiger partial charge < -0.3 is 14.5 Å². The van der Waals surface area contributed by atoms with Gasteiger partial charge in [-0.1, -0.05) is 12.1 Å². The largest absolute Gasteiger partial charge is 0.491 e. The second-order valence-electron chi connectivity index (χ2n) is 4.55. The number of ether oxygens (including phenoxy) is 1. The van der Waals surface area contributed by atoms with E-state index in [0.29, 0.717) is 0 Å². The maximum atomic E-state index is 5.60. The lowest BCUT2D eigenvalue weighted by atomic mass is 10.2. The van der Waals surface area contributed by atoms with Gasteiger partial charge >= 0.3 is 0 Å². The first kappa shape index (κ1) is 12.7. The van der Waals surface area contributed by atoms with E-state index in [1.807, 2.05) is 32.0 Å². The van der Waals surface area contributed by atoms with E-state index in [2.05, 4.69) is 17.4 Å². The highest BCUT2D eigenvalue weighted by Crippen LogP contribution is 2.13. The highest BCUT2D eigenvalue weighted by Gasteiger charge is 1.98. The van der Waals surface area contributed by atoms with Crippen LogP contribution in [-0.2, 0) is 13.1 Å². The Morgan fingerprint density at radius 1 is 1.06 bits per heavy atom. The standard InChI is InChI=1S/C15H19NO2/c1-12(2)18-15-5-3-13(4-6-15)9-16-10-14-7-8-17-11-14/h3-8,11-12,16H,9-10H2,1-2H3. The van der Waals surface area contributed by atoms with Crippen molar-refractivity contribution in [3.05, 3.63) is 54.0 Å². The second kappa shape index (κ2) is 6.26. The van der Waals surface area contributed by atoms with Crippen LogP contribution in [0.1, 0.15) is 25.0 Å². The average molecular weight is 245 g/mol. The predicted molar refractivity (Wildman–Crippen MR) is 71.5 cm³/mol. The van der Waals surface area contributed by atoms with Crippen LogP contribution in [-0.4, -0.2) is 6.10 Å². The molecule has 0 spiro atoms. The molecule has 1 aromatic carbocycles. The Kier molecular flexibility index (Phi) is 4.42. The van der Waals surface area contributed by atoms with Gasteiger partial charge in [-0.3, -0.25) is 0 Å². The van der Waals surface area contributed by atoms with Gasteiger partial charge in [-0.25, -0.2) is 0 Å². The van der Waals surface area contributed by atoms with Gasteiger partial charge in [0.25, 0.3) is 0 Å². The molecule has 2 aromatic rings. The fraction of sp³-hybridized carbons (Fsp3) is 0.333. The molecule has 3 nitrogen and oxygen atoms in total. The number of nitrogens with one attached hydrogen (secondary N) is 1. The summed E-state index contributed by atoms with van der Waals surface area (Å²) in [6.45, 7) is 5.72. The van der Waals surface area contributed by atoms with Gasteiger partial charge in [0.05, 0.1) is 18.6 Å². The molecule has 0 fully saturated rings. The summed E-state index contributed by atoms with van der Waals surface area (Å²) in [5.74, 6) is 0.920. The third-order valence-corrected chi connectivity index (χ3v) is 2.53. The molecule has 0 aliphatic heterocycles. The first-order chi connectivity index (χ1) is 8.74. The van der Waals surface area contributed by atoms with E-state index in [0.717, 1.165) is 24.4 Å². The van der Waals surface area contributed by atoms with Crippen LogP contribution in [0.15, 0.2) is 47.3 Å². The molecule has 0 radical (unpaired) electrons. The van der Waals surface area contributed by atoms with Crippen LogP contribution in [0.5, 0.6) is 5.75 Å². The van der Waals surface area contributed by atoms with Crippen molar-refractivity contribution in [2.75, 3.05) is 0 Å². The summed E-state index contributed by atoms with van der Waals surface area (Å²) < 4.78 is 10.6. The summed E-state index contributed by atoms with van der Waals surface area (Å²) in [7, 11) is 0. The lowest BCUT2D eigenvalue weighted by molar-refractivity contribution is 0.242. The summed E-state index contributed by atoms with van der Waals surface area (Å²) in [5, 5.41) is 3.36. The van der Waals surface area contributed by atoms with E-state index in [1.54, 1.807) is 12.5 Å². The minimum atomic E-state index is 0.218. The van der Waals surface area contributed by atoms with E-state index in [4.69, 9.17) is 9.15 Å². The Hall–Kier alpha value is -1.74. The molecule has 0 aliphatic carbocycles. The summed E-state index contributed by atoms with van der Waals surface area (Å²) in [6, 6.07) is 10.1. The molecule has 0 unspecified atom stereocenters. The predicted octanol–water partition coefficient (Wildman–Crippen LogP) is 3.36. The van der Waals surface area contributed by atoms with Crippen LogP contribution in [0.4, 0.5) is 0 Å². The number of hydrogen-bond donors (Lipinski definition) is 1. The van der Waals surface area contributed by atoms with Crippen LogP contribution < -0.4 is 10.1 Å². The van der Waals surface area contributed by atoms with Crippen molar-refractivity contribution in [1.29, 1.82) is 0 Å². The Morgan fingerprint density at radius 2 is 1.78 bits per heavy atom. The van der Waals surface area contributed by atoms with Gasteiger partial charge in [0.1, 0.15) is 5.75 Å². The molecule has 18 heavy (non-hydrogen) atoms. The summed E-state index contributed by atoms with van der Waals surface area (Å²) in [5.41, 5.74) is 2.41. The Balaban J connectivity index is 1.79. The van der Waals surface area contributed by atoms with Gasteiger partial charge in [0.2, 0.25) is 0 Å². The number of hydrogen-bond acceptors (Lipinski definition) is 3. The average Bonchev–Trinajstić information content (AvgIpc) is 2.84. The molecule has 1 N–H and O–H groups in total. The molecule has 0 saturated heterocycles. The lowest BCUT2D eigenvalue weighted by Crippen LogP contribution is -2.12. The molecule has 0 saturated carbocycles. The van der Waals surface area contributed by atoms with Gasteiger partial charge in [-0.15, -0.1) is 0 Å². The van der Waals surface area contributed by atoms with E-state index in [9.17, 15) is 0 Å². The Labute approximate surface area is 108 Å². The molecule has 0 bridgehead atoms. The lowest BCUT2D eigenvalue weighted by Gasteiger charge is -2.10. The van der Waals surface area contributed by atoms with Crippen molar-refractivity contribution in [3.63, 3.8) is 0 Å². The number of furan rings is 1. The fourth-order valence-electron chi connectivity index (χ4n) is 1.70.